The maximum atomic E-state index is 12.8. The van der Waals surface area contributed by atoms with Crippen molar-refractivity contribution >= 4 is 40.3 Å². The number of aromatic amines is 1. The minimum Gasteiger partial charge on any atom is -0.346 e. The SMILES string of the molecule is CC1CN(C2(CC#N)CN(SC(F)(F)F)C2)CC=C1c1cc(NC(=O)C2CC2)nc2[nH]ccc12. The minimum absolute atomic E-state index is 0.00841. The summed E-state index contributed by atoms with van der Waals surface area (Å²) in [7, 11) is 0. The number of nitrogens with zero attached hydrogens (tertiary/aromatic N) is 4. The van der Waals surface area contributed by atoms with Gasteiger partial charge in [-0.05, 0) is 42.0 Å². The van der Waals surface area contributed by atoms with Crippen molar-refractivity contribution in [2.45, 2.75) is 37.2 Å². The molecule has 1 saturated heterocycles. The first-order valence-electron chi connectivity index (χ1n) is 11.3. The van der Waals surface area contributed by atoms with Crippen LogP contribution < -0.4 is 5.32 Å². The van der Waals surface area contributed by atoms with Gasteiger partial charge in [-0.1, -0.05) is 13.0 Å². The van der Waals surface area contributed by atoms with Gasteiger partial charge in [0.1, 0.15) is 11.5 Å². The zero-order chi connectivity index (χ0) is 24.1. The second kappa shape index (κ2) is 8.59. The number of hydrogen-bond donors (Lipinski definition) is 2. The van der Waals surface area contributed by atoms with Crippen LogP contribution in [0, 0.1) is 23.2 Å². The van der Waals surface area contributed by atoms with Crippen molar-refractivity contribution in [3.63, 3.8) is 0 Å². The molecule has 1 unspecified atom stereocenters. The number of amides is 1. The normalized spacial score (nSPS) is 23.3. The molecule has 0 radical (unpaired) electrons. The van der Waals surface area contributed by atoms with Crippen LogP contribution in [-0.4, -0.2) is 62.3 Å². The highest BCUT2D eigenvalue weighted by Gasteiger charge is 2.51. The maximum Gasteiger partial charge on any atom is 0.456 e. The molecule has 2 aromatic rings. The number of anilines is 1. The van der Waals surface area contributed by atoms with E-state index >= 15 is 0 Å². The van der Waals surface area contributed by atoms with E-state index in [4.69, 9.17) is 0 Å². The number of aromatic nitrogens is 2. The number of alkyl halides is 3. The standard InChI is InChI=1S/C23H25F3N6OS/c1-14-11-31(22(6-7-27)12-32(13-22)34-23(24,25)26)9-5-16(14)18-10-19(30-21(33)15-2-3-15)29-20-17(18)4-8-28-20/h4-5,8,10,14-15H,2-3,6,9,11-13H2,1H3,(H2,28,29,30,33). The number of rotatable bonds is 6. The third-order valence-electron chi connectivity index (χ3n) is 6.85. The molecule has 2 aliphatic heterocycles. The monoisotopic (exact) mass is 490 g/mol. The first-order chi connectivity index (χ1) is 16.2. The molecule has 180 valence electrons. The van der Waals surface area contributed by atoms with Gasteiger partial charge in [0.05, 0.1) is 18.0 Å². The molecular weight excluding hydrogens is 465 g/mol. The van der Waals surface area contributed by atoms with Gasteiger partial charge in [0.2, 0.25) is 5.91 Å². The fourth-order valence-corrected chi connectivity index (χ4v) is 5.88. The molecule has 1 amide bonds. The Labute approximate surface area is 199 Å². The molecule has 1 atom stereocenters. The number of nitriles is 1. The molecule has 0 bridgehead atoms. The first kappa shape index (κ1) is 23.2. The molecule has 3 aliphatic rings. The zero-order valence-electron chi connectivity index (χ0n) is 18.7. The summed E-state index contributed by atoms with van der Waals surface area (Å²) in [6.45, 7) is 3.67. The molecule has 34 heavy (non-hydrogen) atoms. The largest absolute Gasteiger partial charge is 0.456 e. The molecule has 11 heteroatoms. The predicted octanol–water partition coefficient (Wildman–Crippen LogP) is 4.38. The van der Waals surface area contributed by atoms with E-state index in [0.29, 0.717) is 24.6 Å². The summed E-state index contributed by atoms with van der Waals surface area (Å²) in [5.41, 5.74) is -2.11. The van der Waals surface area contributed by atoms with Crippen LogP contribution in [-0.2, 0) is 4.79 Å². The summed E-state index contributed by atoms with van der Waals surface area (Å²) in [5, 5.41) is 13.3. The molecular formula is C23H25F3N6OS. The Balaban J connectivity index is 1.38. The highest BCUT2D eigenvalue weighted by molar-refractivity contribution is 7.97. The number of H-pyrrole nitrogens is 1. The fraction of sp³-hybridized carbons (Fsp3) is 0.522. The Morgan fingerprint density at radius 3 is 2.82 bits per heavy atom. The summed E-state index contributed by atoms with van der Waals surface area (Å²) in [6, 6.07) is 6.04. The van der Waals surface area contributed by atoms with E-state index < -0.39 is 11.0 Å². The Bertz CT molecular complexity index is 1180. The lowest BCUT2D eigenvalue weighted by Crippen LogP contribution is -2.69. The third kappa shape index (κ3) is 4.54. The number of carbonyl (C=O) groups excluding carboxylic acids is 1. The van der Waals surface area contributed by atoms with Crippen LogP contribution in [0.1, 0.15) is 31.7 Å². The second-order valence-corrected chi connectivity index (χ2v) is 10.6. The second-order valence-electron chi connectivity index (χ2n) is 9.42. The molecule has 4 heterocycles. The van der Waals surface area contributed by atoms with Gasteiger partial charge in [-0.2, -0.15) is 18.4 Å². The highest BCUT2D eigenvalue weighted by atomic mass is 32.2. The van der Waals surface area contributed by atoms with Gasteiger partial charge < -0.3 is 10.3 Å². The molecule has 0 aromatic carbocycles. The van der Waals surface area contributed by atoms with E-state index in [0.717, 1.165) is 29.4 Å². The van der Waals surface area contributed by atoms with Gasteiger partial charge >= 0.3 is 5.51 Å². The lowest BCUT2D eigenvalue weighted by atomic mass is 9.82. The Morgan fingerprint density at radius 2 is 2.18 bits per heavy atom. The van der Waals surface area contributed by atoms with Gasteiger partial charge in [0, 0.05) is 55.6 Å². The molecule has 7 nitrogen and oxygen atoms in total. The number of fused-ring (bicyclic) bond motifs is 1. The Morgan fingerprint density at radius 1 is 1.41 bits per heavy atom. The van der Waals surface area contributed by atoms with Crippen molar-refractivity contribution in [1.82, 2.24) is 19.2 Å². The van der Waals surface area contributed by atoms with Crippen molar-refractivity contribution in [2.75, 3.05) is 31.5 Å². The van der Waals surface area contributed by atoms with Crippen LogP contribution in [0.15, 0.2) is 24.4 Å². The average molecular weight is 491 g/mol. The van der Waals surface area contributed by atoms with Crippen molar-refractivity contribution in [1.29, 1.82) is 5.26 Å². The molecule has 2 N–H and O–H groups in total. The molecule has 5 rings (SSSR count). The van der Waals surface area contributed by atoms with Crippen molar-refractivity contribution in [2.24, 2.45) is 11.8 Å². The third-order valence-corrected chi connectivity index (χ3v) is 7.57. The van der Waals surface area contributed by atoms with Crippen LogP contribution >= 0.6 is 11.9 Å². The van der Waals surface area contributed by atoms with E-state index in [9.17, 15) is 23.2 Å². The van der Waals surface area contributed by atoms with Gasteiger partial charge in [-0.3, -0.25) is 9.69 Å². The number of hydrogen-bond acceptors (Lipinski definition) is 6. The van der Waals surface area contributed by atoms with E-state index in [-0.39, 0.29) is 49.2 Å². The quantitative estimate of drug-likeness (QED) is 0.585. The van der Waals surface area contributed by atoms with Crippen molar-refractivity contribution in [3.8, 4) is 6.07 Å². The number of pyridine rings is 1. The Kier molecular flexibility index (Phi) is 5.86. The number of carbonyl (C=O) groups is 1. The molecule has 2 aromatic heterocycles. The smallest absolute Gasteiger partial charge is 0.346 e. The first-order valence-corrected chi connectivity index (χ1v) is 12.1. The summed E-state index contributed by atoms with van der Waals surface area (Å²) < 4.78 is 39.6. The van der Waals surface area contributed by atoms with E-state index in [2.05, 4.69) is 39.3 Å². The summed E-state index contributed by atoms with van der Waals surface area (Å²) in [4.78, 5) is 22.1. The van der Waals surface area contributed by atoms with Crippen LogP contribution in [0.2, 0.25) is 0 Å². The van der Waals surface area contributed by atoms with Crippen LogP contribution in [0.4, 0.5) is 19.0 Å². The molecule has 1 aliphatic carbocycles. The summed E-state index contributed by atoms with van der Waals surface area (Å²) >= 11 is -0.114. The van der Waals surface area contributed by atoms with Crippen molar-refractivity contribution < 1.29 is 18.0 Å². The van der Waals surface area contributed by atoms with Crippen LogP contribution in [0.3, 0.4) is 0 Å². The lowest BCUT2D eigenvalue weighted by Gasteiger charge is -2.55. The van der Waals surface area contributed by atoms with Crippen molar-refractivity contribution in [3.05, 3.63) is 30.0 Å². The van der Waals surface area contributed by atoms with Crippen LogP contribution in [0.5, 0.6) is 0 Å². The zero-order valence-corrected chi connectivity index (χ0v) is 19.5. The topological polar surface area (TPSA) is 88.1 Å². The Hall–Kier alpha value is -2.55. The molecule has 2 fully saturated rings. The average Bonchev–Trinajstić information content (AvgIpc) is 3.49. The number of halogens is 3. The summed E-state index contributed by atoms with van der Waals surface area (Å²) in [5.74, 6) is 0.656. The van der Waals surface area contributed by atoms with Gasteiger partial charge in [-0.25, -0.2) is 9.29 Å². The predicted molar refractivity (Wildman–Crippen MR) is 124 cm³/mol. The lowest BCUT2D eigenvalue weighted by molar-refractivity contribution is -0.117. The molecule has 1 saturated carbocycles. The van der Waals surface area contributed by atoms with E-state index in [1.807, 2.05) is 18.3 Å². The fourth-order valence-electron chi connectivity index (χ4n) is 4.98. The number of nitrogens with one attached hydrogen (secondary N) is 2. The van der Waals surface area contributed by atoms with Gasteiger partial charge in [0.25, 0.3) is 0 Å². The molecule has 0 spiro atoms. The minimum atomic E-state index is -4.32. The van der Waals surface area contributed by atoms with E-state index in [1.165, 1.54) is 4.31 Å². The summed E-state index contributed by atoms with van der Waals surface area (Å²) in [6.07, 6.45) is 5.92. The van der Waals surface area contributed by atoms with E-state index in [1.54, 1.807) is 0 Å². The highest BCUT2D eigenvalue weighted by Crippen LogP contribution is 2.44. The maximum absolute atomic E-state index is 12.8. The van der Waals surface area contributed by atoms with Crippen LogP contribution in [0.25, 0.3) is 16.6 Å². The van der Waals surface area contributed by atoms with Gasteiger partial charge in [0.15, 0.2) is 0 Å². The van der Waals surface area contributed by atoms with Gasteiger partial charge in [-0.15, -0.1) is 0 Å².